The summed E-state index contributed by atoms with van der Waals surface area (Å²) < 4.78 is 11.7. The standard InChI is InChI=1S/C17H17BrO2/c1-13(18)17(19-11-12-20-17)16-9-7-15(8-10-16)14-5-3-2-4-6-14/h2-10,13H,11-12H2,1H3. The maximum atomic E-state index is 5.86. The summed E-state index contributed by atoms with van der Waals surface area (Å²) in [7, 11) is 0. The van der Waals surface area contributed by atoms with E-state index < -0.39 is 5.79 Å². The Morgan fingerprint density at radius 2 is 1.45 bits per heavy atom. The second-order valence-electron chi connectivity index (χ2n) is 4.92. The minimum atomic E-state index is -0.658. The van der Waals surface area contributed by atoms with Crippen molar-refractivity contribution >= 4 is 15.9 Å². The zero-order chi connectivity index (χ0) is 14.0. The fourth-order valence-electron chi connectivity index (χ4n) is 2.58. The Morgan fingerprint density at radius 1 is 0.900 bits per heavy atom. The molecule has 0 spiro atoms. The van der Waals surface area contributed by atoms with E-state index in [9.17, 15) is 0 Å². The molecule has 104 valence electrons. The van der Waals surface area contributed by atoms with Gasteiger partial charge in [0, 0.05) is 5.56 Å². The SMILES string of the molecule is CC(Br)C1(c2ccc(-c3ccccc3)cc2)OCCO1. The zero-order valence-corrected chi connectivity index (χ0v) is 13.0. The van der Waals surface area contributed by atoms with Crippen LogP contribution in [-0.2, 0) is 15.3 Å². The average Bonchev–Trinajstić information content (AvgIpc) is 2.99. The number of rotatable bonds is 3. The molecule has 2 aromatic rings. The second-order valence-corrected chi connectivity index (χ2v) is 6.30. The van der Waals surface area contributed by atoms with Gasteiger partial charge in [0.05, 0.1) is 18.0 Å². The molecule has 3 heteroatoms. The molecule has 1 saturated heterocycles. The third-order valence-corrected chi connectivity index (χ3v) is 4.24. The van der Waals surface area contributed by atoms with E-state index in [0.717, 1.165) is 5.56 Å². The molecule has 0 radical (unpaired) electrons. The van der Waals surface area contributed by atoms with Gasteiger partial charge in [-0.3, -0.25) is 0 Å². The predicted octanol–water partition coefficient (Wildman–Crippen LogP) is 4.34. The first-order valence-corrected chi connectivity index (χ1v) is 7.72. The molecular weight excluding hydrogens is 316 g/mol. The maximum Gasteiger partial charge on any atom is 0.207 e. The maximum absolute atomic E-state index is 5.86. The molecule has 1 fully saturated rings. The van der Waals surface area contributed by atoms with Crippen LogP contribution in [0, 0.1) is 0 Å². The third kappa shape index (κ3) is 2.41. The van der Waals surface area contributed by atoms with Crippen LogP contribution >= 0.6 is 15.9 Å². The Balaban J connectivity index is 1.93. The molecule has 20 heavy (non-hydrogen) atoms. The highest BCUT2D eigenvalue weighted by molar-refractivity contribution is 9.09. The smallest absolute Gasteiger partial charge is 0.207 e. The fraction of sp³-hybridized carbons (Fsp3) is 0.294. The molecule has 1 unspecified atom stereocenters. The number of ether oxygens (including phenoxy) is 2. The van der Waals surface area contributed by atoms with Crippen molar-refractivity contribution in [3.8, 4) is 11.1 Å². The van der Waals surface area contributed by atoms with E-state index in [-0.39, 0.29) is 4.83 Å². The van der Waals surface area contributed by atoms with Crippen molar-refractivity contribution in [1.82, 2.24) is 0 Å². The summed E-state index contributed by atoms with van der Waals surface area (Å²) >= 11 is 3.61. The van der Waals surface area contributed by atoms with E-state index in [1.807, 2.05) is 6.07 Å². The quantitative estimate of drug-likeness (QED) is 0.778. The Morgan fingerprint density at radius 3 is 2.00 bits per heavy atom. The van der Waals surface area contributed by atoms with Gasteiger partial charge in [0.2, 0.25) is 5.79 Å². The van der Waals surface area contributed by atoms with E-state index in [1.165, 1.54) is 11.1 Å². The van der Waals surface area contributed by atoms with E-state index in [1.54, 1.807) is 0 Å². The molecule has 0 bridgehead atoms. The number of halogens is 1. The van der Waals surface area contributed by atoms with E-state index in [0.29, 0.717) is 13.2 Å². The van der Waals surface area contributed by atoms with Gasteiger partial charge in [-0.05, 0) is 18.1 Å². The first-order chi connectivity index (χ1) is 9.72. The summed E-state index contributed by atoms with van der Waals surface area (Å²) in [5.41, 5.74) is 3.47. The number of benzene rings is 2. The summed E-state index contributed by atoms with van der Waals surface area (Å²) in [6.45, 7) is 3.32. The summed E-state index contributed by atoms with van der Waals surface area (Å²) in [6.07, 6.45) is 0. The second kappa shape index (κ2) is 5.68. The van der Waals surface area contributed by atoms with E-state index in [2.05, 4.69) is 71.4 Å². The molecule has 1 heterocycles. The Labute approximate surface area is 127 Å². The lowest BCUT2D eigenvalue weighted by atomic mass is 9.98. The lowest BCUT2D eigenvalue weighted by Crippen LogP contribution is -2.35. The number of hydrogen-bond acceptors (Lipinski definition) is 2. The van der Waals surface area contributed by atoms with Crippen molar-refractivity contribution in [3.05, 3.63) is 60.2 Å². The highest BCUT2D eigenvalue weighted by atomic mass is 79.9. The Kier molecular flexibility index (Phi) is 3.92. The molecule has 0 amide bonds. The monoisotopic (exact) mass is 332 g/mol. The molecule has 0 aliphatic carbocycles. The van der Waals surface area contributed by atoms with Crippen LogP contribution in [0.15, 0.2) is 54.6 Å². The van der Waals surface area contributed by atoms with Crippen LogP contribution in [0.2, 0.25) is 0 Å². The first kappa shape index (κ1) is 13.8. The largest absolute Gasteiger partial charge is 0.343 e. The van der Waals surface area contributed by atoms with Crippen molar-refractivity contribution in [3.63, 3.8) is 0 Å². The molecule has 2 aromatic carbocycles. The molecule has 0 N–H and O–H groups in total. The van der Waals surface area contributed by atoms with Gasteiger partial charge in [-0.25, -0.2) is 0 Å². The normalized spacial score (nSPS) is 18.9. The van der Waals surface area contributed by atoms with Crippen molar-refractivity contribution in [2.24, 2.45) is 0 Å². The summed E-state index contributed by atoms with van der Waals surface area (Å²) in [5, 5.41) is 0. The molecule has 3 rings (SSSR count). The molecule has 1 aliphatic rings. The van der Waals surface area contributed by atoms with Crippen LogP contribution in [0.5, 0.6) is 0 Å². The highest BCUT2D eigenvalue weighted by Crippen LogP contribution is 2.39. The molecule has 0 aromatic heterocycles. The van der Waals surface area contributed by atoms with Gasteiger partial charge >= 0.3 is 0 Å². The van der Waals surface area contributed by atoms with Crippen LogP contribution in [0.1, 0.15) is 12.5 Å². The van der Waals surface area contributed by atoms with Gasteiger partial charge in [0.25, 0.3) is 0 Å². The minimum absolute atomic E-state index is 0.0973. The third-order valence-electron chi connectivity index (χ3n) is 3.63. The summed E-state index contributed by atoms with van der Waals surface area (Å²) in [5.74, 6) is -0.658. The highest BCUT2D eigenvalue weighted by Gasteiger charge is 2.42. The van der Waals surface area contributed by atoms with Crippen LogP contribution < -0.4 is 0 Å². The van der Waals surface area contributed by atoms with Gasteiger partial charge in [-0.1, -0.05) is 70.5 Å². The van der Waals surface area contributed by atoms with Crippen molar-refractivity contribution < 1.29 is 9.47 Å². The Hall–Kier alpha value is -1.16. The van der Waals surface area contributed by atoms with Gasteiger partial charge in [-0.15, -0.1) is 0 Å². The van der Waals surface area contributed by atoms with Crippen LogP contribution in [0.3, 0.4) is 0 Å². The number of alkyl halides is 1. The first-order valence-electron chi connectivity index (χ1n) is 6.80. The van der Waals surface area contributed by atoms with Crippen LogP contribution in [0.4, 0.5) is 0 Å². The summed E-state index contributed by atoms with van der Waals surface area (Å²) in [4.78, 5) is 0.0973. The van der Waals surface area contributed by atoms with Crippen LogP contribution in [0.25, 0.3) is 11.1 Å². The zero-order valence-electron chi connectivity index (χ0n) is 11.4. The van der Waals surface area contributed by atoms with Gasteiger partial charge in [0.15, 0.2) is 0 Å². The van der Waals surface area contributed by atoms with E-state index >= 15 is 0 Å². The van der Waals surface area contributed by atoms with Gasteiger partial charge in [-0.2, -0.15) is 0 Å². The van der Waals surface area contributed by atoms with Crippen molar-refractivity contribution in [1.29, 1.82) is 0 Å². The fourth-order valence-corrected chi connectivity index (χ4v) is 3.11. The molecule has 0 saturated carbocycles. The van der Waals surface area contributed by atoms with Crippen LogP contribution in [-0.4, -0.2) is 18.0 Å². The number of hydrogen-bond donors (Lipinski definition) is 0. The molecular formula is C17H17BrO2. The topological polar surface area (TPSA) is 18.5 Å². The molecule has 2 nitrogen and oxygen atoms in total. The lowest BCUT2D eigenvalue weighted by Gasteiger charge is -2.30. The molecule has 1 atom stereocenters. The van der Waals surface area contributed by atoms with Gasteiger partial charge < -0.3 is 9.47 Å². The Bertz CT molecular complexity index is 557. The molecule has 1 aliphatic heterocycles. The van der Waals surface area contributed by atoms with E-state index in [4.69, 9.17) is 9.47 Å². The van der Waals surface area contributed by atoms with Gasteiger partial charge in [0.1, 0.15) is 0 Å². The van der Waals surface area contributed by atoms with Crippen molar-refractivity contribution in [2.75, 3.05) is 13.2 Å². The van der Waals surface area contributed by atoms with Crippen molar-refractivity contribution in [2.45, 2.75) is 17.5 Å². The summed E-state index contributed by atoms with van der Waals surface area (Å²) in [6, 6.07) is 18.8. The average molecular weight is 333 g/mol. The predicted molar refractivity (Wildman–Crippen MR) is 83.8 cm³/mol. The minimum Gasteiger partial charge on any atom is -0.343 e. The lowest BCUT2D eigenvalue weighted by molar-refractivity contribution is -0.161.